The number of ether oxygens (including phenoxy) is 1. The number of fused-ring (bicyclic) bond motifs is 1. The second-order valence-corrected chi connectivity index (χ2v) is 8.92. The van der Waals surface area contributed by atoms with Crippen LogP contribution in [0, 0.1) is 0 Å². The monoisotopic (exact) mass is 473 g/mol. The number of amides is 1. The summed E-state index contributed by atoms with van der Waals surface area (Å²) >= 11 is 0. The van der Waals surface area contributed by atoms with Crippen molar-refractivity contribution in [1.82, 2.24) is 14.7 Å². The van der Waals surface area contributed by atoms with Gasteiger partial charge in [-0.25, -0.2) is 5.01 Å². The molecule has 0 spiro atoms. The van der Waals surface area contributed by atoms with Crippen molar-refractivity contribution in [3.05, 3.63) is 64.7 Å². The zero-order chi connectivity index (χ0) is 23.5. The summed E-state index contributed by atoms with van der Waals surface area (Å²) in [4.78, 5) is 11.7. The van der Waals surface area contributed by atoms with Gasteiger partial charge in [-0.15, -0.1) is 4.41 Å². The average molecular weight is 474 g/mol. The highest BCUT2D eigenvalue weighted by Crippen LogP contribution is 2.60. The molecule has 176 valence electrons. The molecule has 7 nitrogen and oxygen atoms in total. The predicted molar refractivity (Wildman–Crippen MR) is 116 cm³/mol. The normalized spacial score (nSPS) is 17.0. The van der Waals surface area contributed by atoms with Gasteiger partial charge in [0.2, 0.25) is 0 Å². The lowest BCUT2D eigenvalue weighted by Crippen LogP contribution is -2.59. The molecule has 4 rings (SSSR count). The highest BCUT2D eigenvalue weighted by Gasteiger charge is 2.54. The van der Waals surface area contributed by atoms with Crippen LogP contribution in [0.1, 0.15) is 40.9 Å². The third-order valence-corrected chi connectivity index (χ3v) is 6.68. The van der Waals surface area contributed by atoms with Crippen LogP contribution in [-0.2, 0) is 19.7 Å². The molecule has 0 atom stereocenters. The van der Waals surface area contributed by atoms with Crippen LogP contribution in [0.2, 0.25) is 0 Å². The molecule has 11 heteroatoms. The molecule has 2 heterocycles. The second-order valence-electron chi connectivity index (χ2n) is 7.00. The maximum Gasteiger partial charge on any atom is 0.511 e. The number of hydrogen-bond donors (Lipinski definition) is 3. The van der Waals surface area contributed by atoms with Crippen LogP contribution in [0.5, 0.6) is 5.75 Å². The standard InChI is InChI=1S/C19H20F3N3O4S.C2H6/c20-19(21,22)30(27,28)25-9-8-24(25)11-13-4-6-14(7-5-13)12-29-17-3-1-2-15-16(17)10-23-18(15)26;1-2/h1-7,27-28H,8-12H2,(H,23,26);1-2H3. The van der Waals surface area contributed by atoms with Gasteiger partial charge in [0.05, 0.1) is 0 Å². The van der Waals surface area contributed by atoms with Gasteiger partial charge < -0.3 is 10.1 Å². The van der Waals surface area contributed by atoms with Gasteiger partial charge in [-0.1, -0.05) is 44.2 Å². The number of carbonyl (C=O) groups is 1. The molecule has 1 amide bonds. The molecule has 0 saturated carbocycles. The van der Waals surface area contributed by atoms with Gasteiger partial charge >= 0.3 is 5.51 Å². The van der Waals surface area contributed by atoms with Crippen LogP contribution in [0.25, 0.3) is 0 Å². The lowest BCUT2D eigenvalue weighted by Gasteiger charge is -2.54. The summed E-state index contributed by atoms with van der Waals surface area (Å²) in [5.74, 6) is 0.505. The largest absolute Gasteiger partial charge is 0.511 e. The van der Waals surface area contributed by atoms with Crippen LogP contribution in [0.15, 0.2) is 42.5 Å². The highest BCUT2D eigenvalue weighted by atomic mass is 32.3. The Morgan fingerprint density at radius 2 is 1.72 bits per heavy atom. The number of carbonyl (C=O) groups excluding carboxylic acids is 1. The first-order chi connectivity index (χ1) is 15.2. The number of halogens is 3. The van der Waals surface area contributed by atoms with Crippen LogP contribution in [-0.4, -0.2) is 43.0 Å². The van der Waals surface area contributed by atoms with Crippen molar-refractivity contribution < 1.29 is 31.8 Å². The minimum atomic E-state index is -5.09. The number of benzene rings is 2. The second kappa shape index (κ2) is 9.67. The van der Waals surface area contributed by atoms with E-state index in [1.165, 1.54) is 5.01 Å². The zero-order valence-electron chi connectivity index (χ0n) is 17.7. The van der Waals surface area contributed by atoms with Crippen molar-refractivity contribution in [2.75, 3.05) is 13.1 Å². The van der Waals surface area contributed by atoms with Crippen LogP contribution >= 0.6 is 10.8 Å². The van der Waals surface area contributed by atoms with E-state index in [0.29, 0.717) is 28.8 Å². The third kappa shape index (κ3) is 4.86. The average Bonchev–Trinajstić information content (AvgIpc) is 3.12. The third-order valence-electron chi connectivity index (χ3n) is 5.06. The quantitative estimate of drug-likeness (QED) is 0.561. The van der Waals surface area contributed by atoms with Crippen molar-refractivity contribution >= 4 is 16.7 Å². The van der Waals surface area contributed by atoms with E-state index in [-0.39, 0.29) is 25.6 Å². The fourth-order valence-corrected chi connectivity index (χ4v) is 4.40. The van der Waals surface area contributed by atoms with Crippen molar-refractivity contribution in [2.45, 2.75) is 39.1 Å². The lowest BCUT2D eigenvalue weighted by atomic mass is 10.1. The Labute approximate surface area is 186 Å². The molecule has 2 aromatic rings. The van der Waals surface area contributed by atoms with Crippen molar-refractivity contribution in [1.29, 1.82) is 0 Å². The van der Waals surface area contributed by atoms with Crippen LogP contribution in [0.3, 0.4) is 0 Å². The minimum absolute atomic E-state index is 0.0630. The van der Waals surface area contributed by atoms with Crippen molar-refractivity contribution in [3.63, 3.8) is 0 Å². The van der Waals surface area contributed by atoms with Gasteiger partial charge in [-0.05, 0) is 34.0 Å². The Kier molecular flexibility index (Phi) is 7.36. The molecule has 2 aromatic carbocycles. The van der Waals surface area contributed by atoms with Crippen LogP contribution in [0.4, 0.5) is 13.2 Å². The fourth-order valence-electron chi connectivity index (χ4n) is 3.36. The van der Waals surface area contributed by atoms with E-state index in [4.69, 9.17) is 4.74 Å². The number of nitrogens with one attached hydrogen (secondary N) is 1. The Hall–Kier alpha value is -2.31. The predicted octanol–water partition coefficient (Wildman–Crippen LogP) is 4.75. The Bertz CT molecular complexity index is 954. The maximum atomic E-state index is 12.8. The van der Waals surface area contributed by atoms with E-state index in [9.17, 15) is 27.1 Å². The number of nitrogens with zero attached hydrogens (tertiary/aromatic N) is 2. The molecule has 1 fully saturated rings. The molecule has 2 aliphatic heterocycles. The summed E-state index contributed by atoms with van der Waals surface area (Å²) in [7, 11) is -4.86. The van der Waals surface area contributed by atoms with Gasteiger partial charge in [-0.3, -0.25) is 13.9 Å². The van der Waals surface area contributed by atoms with E-state index in [1.807, 2.05) is 13.8 Å². The number of hydrazine groups is 1. The first-order valence-corrected chi connectivity index (χ1v) is 11.6. The minimum Gasteiger partial charge on any atom is -0.489 e. The van der Waals surface area contributed by atoms with E-state index in [0.717, 1.165) is 16.7 Å². The van der Waals surface area contributed by atoms with E-state index in [1.54, 1.807) is 42.5 Å². The number of hydrogen-bond acceptors (Lipinski definition) is 6. The van der Waals surface area contributed by atoms with E-state index in [2.05, 4.69) is 5.32 Å². The molecular weight excluding hydrogens is 447 g/mol. The van der Waals surface area contributed by atoms with E-state index < -0.39 is 16.3 Å². The Morgan fingerprint density at radius 3 is 2.31 bits per heavy atom. The smallest absolute Gasteiger partial charge is 0.489 e. The summed E-state index contributed by atoms with van der Waals surface area (Å²) in [6.07, 6.45) is 0. The highest BCUT2D eigenvalue weighted by molar-refractivity contribution is 8.23. The molecule has 0 unspecified atom stereocenters. The van der Waals surface area contributed by atoms with Gasteiger partial charge in [-0.2, -0.15) is 13.2 Å². The van der Waals surface area contributed by atoms with Crippen LogP contribution < -0.4 is 10.1 Å². The topological polar surface area (TPSA) is 85.3 Å². The first kappa shape index (κ1) is 24.3. The lowest BCUT2D eigenvalue weighted by molar-refractivity contribution is -0.102. The molecule has 3 N–H and O–H groups in total. The van der Waals surface area contributed by atoms with Gasteiger partial charge in [0.25, 0.3) is 5.91 Å². The molecule has 0 aliphatic carbocycles. The summed E-state index contributed by atoms with van der Waals surface area (Å²) in [5.41, 5.74) is -2.08. The molecular formula is C21H26F3N3O4S. The van der Waals surface area contributed by atoms with Crippen molar-refractivity contribution in [3.8, 4) is 5.75 Å². The van der Waals surface area contributed by atoms with Crippen molar-refractivity contribution in [2.24, 2.45) is 0 Å². The molecule has 0 aromatic heterocycles. The SMILES string of the molecule is CC.O=C1NCc2c(OCc3ccc(CN4CCN4S(O)(O)C(F)(F)F)cc3)cccc21. The maximum absolute atomic E-state index is 12.8. The van der Waals surface area contributed by atoms with Gasteiger partial charge in [0, 0.05) is 37.3 Å². The fraction of sp³-hybridized carbons (Fsp3) is 0.381. The molecule has 1 saturated heterocycles. The molecule has 2 aliphatic rings. The Morgan fingerprint density at radius 1 is 1.06 bits per heavy atom. The molecule has 0 bridgehead atoms. The summed E-state index contributed by atoms with van der Waals surface area (Å²) in [6, 6.07) is 12.4. The van der Waals surface area contributed by atoms with Gasteiger partial charge in [0.15, 0.2) is 0 Å². The summed E-state index contributed by atoms with van der Waals surface area (Å²) < 4.78 is 63.9. The molecule has 0 radical (unpaired) electrons. The summed E-state index contributed by atoms with van der Waals surface area (Å²) in [5, 5.41) is 4.02. The zero-order valence-corrected chi connectivity index (χ0v) is 18.5. The first-order valence-electron chi connectivity index (χ1n) is 10.1. The Balaban J connectivity index is 0.00000141. The van der Waals surface area contributed by atoms with Gasteiger partial charge in [0.1, 0.15) is 12.4 Å². The van der Waals surface area contributed by atoms with E-state index >= 15 is 0 Å². The number of rotatable bonds is 6. The summed E-state index contributed by atoms with van der Waals surface area (Å²) in [6.45, 7) is 5.07. The molecule has 32 heavy (non-hydrogen) atoms. The number of alkyl halides is 3.